The summed E-state index contributed by atoms with van der Waals surface area (Å²) in [6.07, 6.45) is 4.99. The second kappa shape index (κ2) is 5.85. The molecule has 17 heavy (non-hydrogen) atoms. The van der Waals surface area contributed by atoms with Crippen molar-refractivity contribution < 1.29 is 13.6 Å². The Morgan fingerprint density at radius 3 is 2.76 bits per heavy atom. The Bertz CT molecular complexity index is 454. The first-order valence-electron chi connectivity index (χ1n) is 4.97. The molecule has 1 unspecified atom stereocenters. The standard InChI is InChI=1S/C12H12F2N2O/c1-3-6-15-12(17)8(2)16-9-4-5-10(13)11(14)7-9/h1,4-5,7-8,16H,6H2,2H3,(H,15,17). The minimum absolute atomic E-state index is 0.128. The maximum Gasteiger partial charge on any atom is 0.242 e. The summed E-state index contributed by atoms with van der Waals surface area (Å²) >= 11 is 0. The van der Waals surface area contributed by atoms with Crippen LogP contribution in [0.5, 0.6) is 0 Å². The van der Waals surface area contributed by atoms with Gasteiger partial charge in [-0.05, 0) is 19.1 Å². The number of rotatable bonds is 4. The maximum atomic E-state index is 12.9. The third-order valence-electron chi connectivity index (χ3n) is 2.06. The molecule has 0 aliphatic heterocycles. The van der Waals surface area contributed by atoms with E-state index in [4.69, 9.17) is 6.42 Å². The molecule has 0 heterocycles. The van der Waals surface area contributed by atoms with Gasteiger partial charge in [-0.15, -0.1) is 6.42 Å². The van der Waals surface area contributed by atoms with Gasteiger partial charge in [0.15, 0.2) is 11.6 Å². The number of halogens is 2. The van der Waals surface area contributed by atoms with Crippen LogP contribution < -0.4 is 10.6 Å². The van der Waals surface area contributed by atoms with Crippen molar-refractivity contribution in [3.05, 3.63) is 29.8 Å². The Morgan fingerprint density at radius 1 is 1.47 bits per heavy atom. The molecule has 0 aromatic heterocycles. The van der Waals surface area contributed by atoms with Crippen LogP contribution in [0, 0.1) is 24.0 Å². The van der Waals surface area contributed by atoms with Gasteiger partial charge in [-0.3, -0.25) is 4.79 Å². The summed E-state index contributed by atoms with van der Waals surface area (Å²) < 4.78 is 25.5. The number of hydrogen-bond acceptors (Lipinski definition) is 2. The van der Waals surface area contributed by atoms with Crippen molar-refractivity contribution in [1.29, 1.82) is 0 Å². The van der Waals surface area contributed by atoms with E-state index in [-0.39, 0.29) is 12.5 Å². The summed E-state index contributed by atoms with van der Waals surface area (Å²) in [5.41, 5.74) is 0.326. The zero-order valence-corrected chi connectivity index (χ0v) is 9.26. The number of anilines is 1. The fourth-order valence-corrected chi connectivity index (χ4v) is 1.19. The van der Waals surface area contributed by atoms with Crippen LogP contribution in [0.2, 0.25) is 0 Å². The van der Waals surface area contributed by atoms with Crippen molar-refractivity contribution in [3.63, 3.8) is 0 Å². The van der Waals surface area contributed by atoms with Crippen LogP contribution in [-0.2, 0) is 4.79 Å². The second-order valence-electron chi connectivity index (χ2n) is 3.42. The van der Waals surface area contributed by atoms with Crippen LogP contribution in [0.1, 0.15) is 6.92 Å². The molecular weight excluding hydrogens is 226 g/mol. The molecule has 90 valence electrons. The number of amides is 1. The van der Waals surface area contributed by atoms with Crippen molar-refractivity contribution in [2.75, 3.05) is 11.9 Å². The highest BCUT2D eigenvalue weighted by Crippen LogP contribution is 2.13. The van der Waals surface area contributed by atoms with Crippen LogP contribution in [0.15, 0.2) is 18.2 Å². The molecule has 0 fully saturated rings. The van der Waals surface area contributed by atoms with Gasteiger partial charge in [0.2, 0.25) is 5.91 Å². The van der Waals surface area contributed by atoms with Crippen LogP contribution in [-0.4, -0.2) is 18.5 Å². The van der Waals surface area contributed by atoms with Crippen LogP contribution in [0.25, 0.3) is 0 Å². The molecule has 1 amide bonds. The van der Waals surface area contributed by atoms with Gasteiger partial charge in [0.25, 0.3) is 0 Å². The first kappa shape index (κ1) is 13.0. The third kappa shape index (κ3) is 3.76. The molecule has 0 aliphatic carbocycles. The Hall–Kier alpha value is -2.09. The molecule has 0 saturated heterocycles. The Kier molecular flexibility index (Phi) is 4.46. The summed E-state index contributed by atoms with van der Waals surface area (Å²) in [7, 11) is 0. The summed E-state index contributed by atoms with van der Waals surface area (Å²) in [6.45, 7) is 1.72. The van der Waals surface area contributed by atoms with Gasteiger partial charge in [-0.25, -0.2) is 8.78 Å². The highest BCUT2D eigenvalue weighted by Gasteiger charge is 2.12. The molecule has 1 aromatic carbocycles. The normalized spacial score (nSPS) is 11.4. The molecule has 1 atom stereocenters. The Morgan fingerprint density at radius 2 is 2.18 bits per heavy atom. The number of carbonyl (C=O) groups excluding carboxylic acids is 1. The maximum absolute atomic E-state index is 12.9. The van der Waals surface area contributed by atoms with Gasteiger partial charge in [-0.2, -0.15) is 0 Å². The van der Waals surface area contributed by atoms with Gasteiger partial charge >= 0.3 is 0 Å². The summed E-state index contributed by atoms with van der Waals surface area (Å²) in [5, 5.41) is 5.20. The van der Waals surface area contributed by atoms with E-state index in [0.717, 1.165) is 12.1 Å². The summed E-state index contributed by atoms with van der Waals surface area (Å²) in [4.78, 5) is 11.4. The molecular formula is C12H12F2N2O. The molecule has 5 heteroatoms. The molecule has 0 saturated carbocycles. The minimum Gasteiger partial charge on any atom is -0.374 e. The van der Waals surface area contributed by atoms with E-state index in [9.17, 15) is 13.6 Å². The highest BCUT2D eigenvalue weighted by atomic mass is 19.2. The van der Waals surface area contributed by atoms with Crippen molar-refractivity contribution in [2.24, 2.45) is 0 Å². The fourth-order valence-electron chi connectivity index (χ4n) is 1.19. The van der Waals surface area contributed by atoms with Gasteiger partial charge in [0, 0.05) is 11.8 Å². The average Bonchev–Trinajstić information content (AvgIpc) is 2.30. The zero-order valence-electron chi connectivity index (χ0n) is 9.26. The second-order valence-corrected chi connectivity index (χ2v) is 3.42. The zero-order chi connectivity index (χ0) is 12.8. The van der Waals surface area contributed by atoms with Gasteiger partial charge < -0.3 is 10.6 Å². The first-order valence-corrected chi connectivity index (χ1v) is 4.97. The predicted molar refractivity (Wildman–Crippen MR) is 61.3 cm³/mol. The largest absolute Gasteiger partial charge is 0.374 e. The smallest absolute Gasteiger partial charge is 0.242 e. The molecule has 0 aliphatic rings. The predicted octanol–water partition coefficient (Wildman–Crippen LogP) is 1.51. The summed E-state index contributed by atoms with van der Waals surface area (Å²) in [5.74, 6) is 0.0553. The molecule has 0 radical (unpaired) electrons. The monoisotopic (exact) mass is 238 g/mol. The lowest BCUT2D eigenvalue weighted by molar-refractivity contribution is -0.121. The molecule has 0 bridgehead atoms. The van der Waals surface area contributed by atoms with E-state index >= 15 is 0 Å². The molecule has 1 aromatic rings. The van der Waals surface area contributed by atoms with Crippen LogP contribution in [0.3, 0.4) is 0 Å². The lowest BCUT2D eigenvalue weighted by Gasteiger charge is -2.14. The van der Waals surface area contributed by atoms with Crippen molar-refractivity contribution in [2.45, 2.75) is 13.0 Å². The van der Waals surface area contributed by atoms with Crippen molar-refractivity contribution in [3.8, 4) is 12.3 Å². The third-order valence-corrected chi connectivity index (χ3v) is 2.06. The first-order chi connectivity index (χ1) is 8.04. The molecule has 3 nitrogen and oxygen atoms in total. The van der Waals surface area contributed by atoms with Crippen LogP contribution in [0.4, 0.5) is 14.5 Å². The van der Waals surface area contributed by atoms with E-state index in [1.165, 1.54) is 6.07 Å². The summed E-state index contributed by atoms with van der Waals surface area (Å²) in [6, 6.07) is 2.74. The average molecular weight is 238 g/mol. The van der Waals surface area contributed by atoms with Gasteiger partial charge in [0.1, 0.15) is 6.04 Å². The molecule has 2 N–H and O–H groups in total. The van der Waals surface area contributed by atoms with Crippen molar-refractivity contribution >= 4 is 11.6 Å². The van der Waals surface area contributed by atoms with E-state index in [0.29, 0.717) is 5.69 Å². The number of nitrogens with one attached hydrogen (secondary N) is 2. The number of carbonyl (C=O) groups is 1. The lowest BCUT2D eigenvalue weighted by Crippen LogP contribution is -2.37. The SMILES string of the molecule is C#CCNC(=O)C(C)Nc1ccc(F)c(F)c1. The van der Waals surface area contributed by atoms with Crippen LogP contribution >= 0.6 is 0 Å². The van der Waals surface area contributed by atoms with E-state index in [2.05, 4.69) is 16.6 Å². The van der Waals surface area contributed by atoms with Crippen molar-refractivity contribution in [1.82, 2.24) is 5.32 Å². The van der Waals surface area contributed by atoms with Gasteiger partial charge in [0.05, 0.1) is 6.54 Å². The number of hydrogen-bond donors (Lipinski definition) is 2. The highest BCUT2D eigenvalue weighted by molar-refractivity contribution is 5.84. The molecule has 1 rings (SSSR count). The molecule has 0 spiro atoms. The minimum atomic E-state index is -0.966. The number of benzene rings is 1. The van der Waals surface area contributed by atoms with Gasteiger partial charge in [-0.1, -0.05) is 5.92 Å². The van der Waals surface area contributed by atoms with E-state index < -0.39 is 17.7 Å². The Labute approximate surface area is 98.2 Å². The van der Waals surface area contributed by atoms with E-state index in [1.54, 1.807) is 6.92 Å². The number of terminal acetylenes is 1. The van der Waals surface area contributed by atoms with E-state index in [1.807, 2.05) is 0 Å². The quantitative estimate of drug-likeness (QED) is 0.781. The topological polar surface area (TPSA) is 41.1 Å². The Balaban J connectivity index is 2.62. The lowest BCUT2D eigenvalue weighted by atomic mass is 10.2. The fraction of sp³-hybridized carbons (Fsp3) is 0.250.